The minimum atomic E-state index is 0.00795. The molecule has 128 valence electrons. The van der Waals surface area contributed by atoms with E-state index < -0.39 is 0 Å². The number of carbonyl (C=O) groups excluding carboxylic acids is 1. The highest BCUT2D eigenvalue weighted by atomic mass is 16.1. The Kier molecular flexibility index (Phi) is 3.91. The molecule has 0 amide bonds. The van der Waals surface area contributed by atoms with Gasteiger partial charge in [-0.2, -0.15) is 0 Å². The van der Waals surface area contributed by atoms with Gasteiger partial charge in [0, 0.05) is 11.5 Å². The second-order valence-electron chi connectivity index (χ2n) is 8.18. The van der Waals surface area contributed by atoms with Crippen molar-refractivity contribution >= 4 is 17.9 Å². The van der Waals surface area contributed by atoms with Crippen molar-refractivity contribution in [3.8, 4) is 11.1 Å². The van der Waals surface area contributed by atoms with Gasteiger partial charge in [-0.25, -0.2) is 0 Å². The number of carbonyl (C=O) groups is 1. The topological polar surface area (TPSA) is 17.1 Å². The van der Waals surface area contributed by atoms with E-state index in [0.717, 1.165) is 42.0 Å². The maximum absolute atomic E-state index is 13.5. The Labute approximate surface area is 150 Å². The Balaban J connectivity index is 2.02. The molecule has 4 rings (SSSR count). The molecule has 1 nitrogen and oxygen atoms in total. The Morgan fingerprint density at radius 2 is 1.88 bits per heavy atom. The fraction of sp³-hybridized carbons (Fsp3) is 0.375. The van der Waals surface area contributed by atoms with Gasteiger partial charge in [0.2, 0.25) is 0 Å². The Hall–Kier alpha value is -2.15. The fourth-order valence-corrected chi connectivity index (χ4v) is 4.34. The number of unbranched alkanes of at least 4 members (excludes halogenated alkanes) is 1. The first kappa shape index (κ1) is 16.3. The highest BCUT2D eigenvalue weighted by Gasteiger charge is 2.33. The van der Waals surface area contributed by atoms with Crippen LogP contribution in [0.15, 0.2) is 36.4 Å². The zero-order valence-corrected chi connectivity index (χ0v) is 15.4. The Morgan fingerprint density at radius 3 is 2.68 bits per heavy atom. The zero-order valence-electron chi connectivity index (χ0n) is 15.4. The summed E-state index contributed by atoms with van der Waals surface area (Å²) in [6.45, 7) is 6.70. The van der Waals surface area contributed by atoms with E-state index in [1.807, 2.05) is 0 Å². The lowest BCUT2D eigenvalue weighted by atomic mass is 9.73. The van der Waals surface area contributed by atoms with Crippen molar-refractivity contribution in [3.63, 3.8) is 0 Å². The summed E-state index contributed by atoms with van der Waals surface area (Å²) in [6.07, 6.45) is 8.81. The monoisotopic (exact) mass is 330 g/mol. The van der Waals surface area contributed by atoms with Gasteiger partial charge in [-0.15, -0.1) is 0 Å². The van der Waals surface area contributed by atoms with E-state index >= 15 is 0 Å². The average Bonchev–Trinajstić information content (AvgIpc) is 2.60. The first-order valence-electron chi connectivity index (χ1n) is 9.51. The molecule has 0 radical (unpaired) electrons. The van der Waals surface area contributed by atoms with Gasteiger partial charge in [0.25, 0.3) is 0 Å². The number of rotatable bonds is 3. The Bertz CT molecular complexity index is 962. The van der Waals surface area contributed by atoms with Crippen LogP contribution in [0.2, 0.25) is 0 Å². The third-order valence-electron chi connectivity index (χ3n) is 5.70. The molecule has 0 heterocycles. The molecule has 0 bridgehead atoms. The smallest absolute Gasteiger partial charge is 0.171 e. The van der Waals surface area contributed by atoms with E-state index in [9.17, 15) is 4.79 Å². The van der Waals surface area contributed by atoms with Crippen LogP contribution in [0.5, 0.6) is 0 Å². The van der Waals surface area contributed by atoms with Crippen molar-refractivity contribution in [2.24, 2.45) is 5.41 Å². The summed E-state index contributed by atoms with van der Waals surface area (Å²) in [6, 6.07) is 12.8. The lowest BCUT2D eigenvalue weighted by Crippen LogP contribution is -2.39. The van der Waals surface area contributed by atoms with Crippen molar-refractivity contribution in [1.82, 2.24) is 0 Å². The minimum Gasteiger partial charge on any atom is -0.293 e. The van der Waals surface area contributed by atoms with Gasteiger partial charge in [-0.3, -0.25) is 4.79 Å². The van der Waals surface area contributed by atoms with Crippen LogP contribution in [0, 0.1) is 5.41 Å². The molecule has 2 aromatic rings. The lowest BCUT2D eigenvalue weighted by molar-refractivity contribution is 0.0951. The van der Waals surface area contributed by atoms with Gasteiger partial charge in [0.1, 0.15) is 0 Å². The van der Waals surface area contributed by atoms with Crippen molar-refractivity contribution in [2.45, 2.75) is 52.4 Å². The maximum atomic E-state index is 13.5. The molecule has 2 aliphatic carbocycles. The molecule has 1 heteroatoms. The van der Waals surface area contributed by atoms with Gasteiger partial charge in [-0.05, 0) is 45.4 Å². The predicted octanol–water partition coefficient (Wildman–Crippen LogP) is 4.81. The molecule has 2 aliphatic rings. The third-order valence-corrected chi connectivity index (χ3v) is 5.70. The van der Waals surface area contributed by atoms with E-state index in [0.29, 0.717) is 5.78 Å². The van der Waals surface area contributed by atoms with Gasteiger partial charge in [0.05, 0.1) is 0 Å². The van der Waals surface area contributed by atoms with Crippen LogP contribution in [0.1, 0.15) is 68.3 Å². The summed E-state index contributed by atoms with van der Waals surface area (Å²) >= 11 is 0. The van der Waals surface area contributed by atoms with E-state index in [1.54, 1.807) is 0 Å². The first-order chi connectivity index (χ1) is 12.0. The average molecular weight is 330 g/mol. The van der Waals surface area contributed by atoms with Crippen LogP contribution in [-0.4, -0.2) is 5.78 Å². The second-order valence-corrected chi connectivity index (χ2v) is 8.18. The number of Topliss-reactive ketones (excluding diaryl/α,β-unsaturated/α-hetero) is 1. The van der Waals surface area contributed by atoms with Gasteiger partial charge >= 0.3 is 0 Å². The third kappa shape index (κ3) is 2.66. The minimum absolute atomic E-state index is 0.00795. The van der Waals surface area contributed by atoms with Crippen LogP contribution in [0.25, 0.3) is 23.3 Å². The zero-order chi connectivity index (χ0) is 17.6. The summed E-state index contributed by atoms with van der Waals surface area (Å²) in [5.41, 5.74) is 4.65. The van der Waals surface area contributed by atoms with Crippen LogP contribution in [-0.2, 0) is 0 Å². The molecule has 0 fully saturated rings. The second kappa shape index (κ2) is 5.98. The molecule has 1 atom stereocenters. The molecule has 2 aromatic carbocycles. The normalized spacial score (nSPS) is 20.0. The molecule has 25 heavy (non-hydrogen) atoms. The molecule has 0 N–H and O–H groups in total. The lowest BCUT2D eigenvalue weighted by Gasteiger charge is -2.29. The quantitative estimate of drug-likeness (QED) is 0.789. The molecule has 0 spiro atoms. The summed E-state index contributed by atoms with van der Waals surface area (Å²) in [5.74, 6) is 0.329. The molecular formula is C24H26O. The summed E-state index contributed by atoms with van der Waals surface area (Å²) in [5, 5.41) is 2.38. The van der Waals surface area contributed by atoms with Crippen LogP contribution in [0.4, 0.5) is 0 Å². The molecular weight excluding hydrogens is 304 g/mol. The highest BCUT2D eigenvalue weighted by Crippen LogP contribution is 2.40. The first-order valence-corrected chi connectivity index (χ1v) is 9.51. The maximum Gasteiger partial charge on any atom is 0.171 e. The van der Waals surface area contributed by atoms with E-state index in [1.165, 1.54) is 16.3 Å². The van der Waals surface area contributed by atoms with E-state index in [4.69, 9.17) is 0 Å². The van der Waals surface area contributed by atoms with Crippen molar-refractivity contribution in [1.29, 1.82) is 0 Å². The highest BCUT2D eigenvalue weighted by molar-refractivity contribution is 6.10. The molecule has 0 aliphatic heterocycles. The fourth-order valence-electron chi connectivity index (χ4n) is 4.34. The van der Waals surface area contributed by atoms with Crippen LogP contribution >= 0.6 is 0 Å². The summed E-state index contributed by atoms with van der Waals surface area (Å²) in [7, 11) is 0. The largest absolute Gasteiger partial charge is 0.293 e. The van der Waals surface area contributed by atoms with Gasteiger partial charge in [0.15, 0.2) is 5.78 Å². The predicted molar refractivity (Wildman–Crippen MR) is 105 cm³/mol. The number of ketones is 1. The standard InChI is InChI=1S/C24H26O/c1-4-5-8-20-18-10-7-6-9-17(18)19-12-11-16-13-14-24(2,3)15-21(16)22(19)23(20)25/h6-7,9-13,15,20H,4-5,8,14H2,1-3H3. The number of hydrogen-bond acceptors (Lipinski definition) is 1. The number of fused-ring (bicyclic) bond motifs is 5. The SMILES string of the molecule is CCCCC1C(=O)c2c(ccc3c2=CC(C)(C)CC=3)-c2ccccc21. The van der Waals surface area contributed by atoms with Crippen molar-refractivity contribution in [3.05, 3.63) is 58.0 Å². The summed E-state index contributed by atoms with van der Waals surface area (Å²) in [4.78, 5) is 13.5. The van der Waals surface area contributed by atoms with Gasteiger partial charge < -0.3 is 0 Å². The van der Waals surface area contributed by atoms with E-state index in [2.05, 4.69) is 69.3 Å². The van der Waals surface area contributed by atoms with Crippen LogP contribution in [0.3, 0.4) is 0 Å². The Morgan fingerprint density at radius 1 is 1.08 bits per heavy atom. The molecule has 0 aromatic heterocycles. The molecule has 0 saturated heterocycles. The molecule has 1 unspecified atom stereocenters. The number of benzene rings is 2. The summed E-state index contributed by atoms with van der Waals surface area (Å²) < 4.78 is 0. The van der Waals surface area contributed by atoms with Gasteiger partial charge in [-0.1, -0.05) is 82.2 Å². The van der Waals surface area contributed by atoms with Crippen molar-refractivity contribution in [2.75, 3.05) is 0 Å². The molecule has 0 saturated carbocycles. The van der Waals surface area contributed by atoms with Crippen LogP contribution < -0.4 is 10.4 Å². The van der Waals surface area contributed by atoms with Crippen molar-refractivity contribution < 1.29 is 4.79 Å². The number of hydrogen-bond donors (Lipinski definition) is 0. The van der Waals surface area contributed by atoms with E-state index in [-0.39, 0.29) is 11.3 Å².